The Hall–Kier alpha value is -3.01. The SMILES string of the molecule is COc1ccc(Br)cc1/C=N\Nc1ccc([N+](=O)[O-])cc1[N+](=O)[O-]. The van der Waals surface area contributed by atoms with Crippen LogP contribution in [0.15, 0.2) is 46.0 Å². The number of anilines is 1. The first-order valence-corrected chi connectivity index (χ1v) is 7.27. The number of benzene rings is 2. The zero-order chi connectivity index (χ0) is 17.7. The molecule has 0 amide bonds. The van der Waals surface area contributed by atoms with Crippen LogP contribution < -0.4 is 10.2 Å². The molecule has 0 radical (unpaired) electrons. The lowest BCUT2D eigenvalue weighted by Crippen LogP contribution is -1.99. The largest absolute Gasteiger partial charge is 0.496 e. The van der Waals surface area contributed by atoms with Gasteiger partial charge in [0.25, 0.3) is 5.69 Å². The molecule has 0 fully saturated rings. The van der Waals surface area contributed by atoms with Crippen molar-refractivity contribution in [2.45, 2.75) is 0 Å². The number of hydrazone groups is 1. The minimum Gasteiger partial charge on any atom is -0.496 e. The molecule has 1 N–H and O–H groups in total. The van der Waals surface area contributed by atoms with Crippen LogP contribution in [0.5, 0.6) is 5.75 Å². The van der Waals surface area contributed by atoms with Gasteiger partial charge in [0, 0.05) is 16.1 Å². The van der Waals surface area contributed by atoms with E-state index in [1.165, 1.54) is 19.4 Å². The maximum Gasteiger partial charge on any atom is 0.301 e. The highest BCUT2D eigenvalue weighted by Crippen LogP contribution is 2.29. The third-order valence-corrected chi connectivity index (χ3v) is 3.46. The number of nitrogens with one attached hydrogen (secondary N) is 1. The van der Waals surface area contributed by atoms with Crippen LogP contribution in [0.4, 0.5) is 17.1 Å². The number of nitro benzene ring substituents is 2. The predicted molar refractivity (Wildman–Crippen MR) is 91.7 cm³/mol. The van der Waals surface area contributed by atoms with E-state index in [9.17, 15) is 20.2 Å². The summed E-state index contributed by atoms with van der Waals surface area (Å²) >= 11 is 3.32. The van der Waals surface area contributed by atoms with Gasteiger partial charge in [-0.05, 0) is 24.3 Å². The number of nitro groups is 2. The second-order valence-corrected chi connectivity index (χ2v) is 5.39. The van der Waals surface area contributed by atoms with Gasteiger partial charge < -0.3 is 4.74 Å². The van der Waals surface area contributed by atoms with Gasteiger partial charge in [0.1, 0.15) is 11.4 Å². The maximum atomic E-state index is 11.0. The first-order chi connectivity index (χ1) is 11.4. The van der Waals surface area contributed by atoms with Crippen molar-refractivity contribution >= 4 is 39.2 Å². The first-order valence-electron chi connectivity index (χ1n) is 6.48. The summed E-state index contributed by atoms with van der Waals surface area (Å²) < 4.78 is 6.00. The summed E-state index contributed by atoms with van der Waals surface area (Å²) in [6.45, 7) is 0. The van der Waals surface area contributed by atoms with Crippen LogP contribution in [-0.2, 0) is 0 Å². The monoisotopic (exact) mass is 394 g/mol. The van der Waals surface area contributed by atoms with Crippen molar-refractivity contribution in [2.24, 2.45) is 5.10 Å². The molecule has 0 heterocycles. The van der Waals surface area contributed by atoms with Gasteiger partial charge in [-0.3, -0.25) is 25.7 Å². The Labute approximate surface area is 144 Å². The van der Waals surface area contributed by atoms with Gasteiger partial charge in [0.15, 0.2) is 0 Å². The average molecular weight is 395 g/mol. The molecule has 0 spiro atoms. The van der Waals surface area contributed by atoms with Crippen molar-refractivity contribution in [3.8, 4) is 5.75 Å². The molecule has 0 aliphatic heterocycles. The fourth-order valence-electron chi connectivity index (χ4n) is 1.86. The minimum absolute atomic E-state index is 0.0378. The fraction of sp³-hybridized carbons (Fsp3) is 0.0714. The zero-order valence-electron chi connectivity index (χ0n) is 12.3. The van der Waals surface area contributed by atoms with Crippen molar-refractivity contribution in [1.82, 2.24) is 0 Å². The van der Waals surface area contributed by atoms with Crippen LogP contribution >= 0.6 is 15.9 Å². The molecule has 0 atom stereocenters. The predicted octanol–water partition coefficient (Wildman–Crippen LogP) is 3.72. The Balaban J connectivity index is 2.27. The second-order valence-electron chi connectivity index (χ2n) is 4.47. The molecule has 24 heavy (non-hydrogen) atoms. The molecule has 9 nitrogen and oxygen atoms in total. The van der Waals surface area contributed by atoms with E-state index in [2.05, 4.69) is 26.5 Å². The van der Waals surface area contributed by atoms with Crippen molar-refractivity contribution < 1.29 is 14.6 Å². The van der Waals surface area contributed by atoms with E-state index in [0.29, 0.717) is 11.3 Å². The molecule has 0 aliphatic carbocycles. The van der Waals surface area contributed by atoms with Crippen molar-refractivity contribution in [3.05, 3.63) is 66.7 Å². The van der Waals surface area contributed by atoms with Gasteiger partial charge >= 0.3 is 5.69 Å². The zero-order valence-corrected chi connectivity index (χ0v) is 13.9. The quantitative estimate of drug-likeness (QED) is 0.452. The summed E-state index contributed by atoms with van der Waals surface area (Å²) in [6, 6.07) is 8.55. The summed E-state index contributed by atoms with van der Waals surface area (Å²) in [4.78, 5) is 20.3. The number of nitrogens with zero attached hydrogens (tertiary/aromatic N) is 3. The number of non-ortho nitro benzene ring substituents is 1. The highest BCUT2D eigenvalue weighted by atomic mass is 79.9. The molecule has 2 aromatic rings. The lowest BCUT2D eigenvalue weighted by atomic mass is 10.2. The molecule has 0 aromatic heterocycles. The van der Waals surface area contributed by atoms with Gasteiger partial charge in [0.05, 0.1) is 29.2 Å². The van der Waals surface area contributed by atoms with Gasteiger partial charge in [-0.1, -0.05) is 15.9 Å². The van der Waals surface area contributed by atoms with E-state index in [1.807, 2.05) is 0 Å². The average Bonchev–Trinajstić information content (AvgIpc) is 2.55. The molecule has 0 aliphatic rings. The maximum absolute atomic E-state index is 11.0. The Morgan fingerprint density at radius 2 is 1.92 bits per heavy atom. The van der Waals surface area contributed by atoms with E-state index >= 15 is 0 Å². The summed E-state index contributed by atoms with van der Waals surface area (Å²) in [5.41, 5.74) is 2.38. The molecule has 0 unspecified atom stereocenters. The third-order valence-electron chi connectivity index (χ3n) is 2.97. The van der Waals surface area contributed by atoms with E-state index < -0.39 is 15.5 Å². The van der Waals surface area contributed by atoms with Crippen LogP contribution in [0, 0.1) is 20.2 Å². The Bertz CT molecular complexity index is 825. The molecular formula is C14H11BrN4O5. The number of hydrogen-bond acceptors (Lipinski definition) is 7. The molecule has 2 aromatic carbocycles. The summed E-state index contributed by atoms with van der Waals surface area (Å²) in [5, 5.41) is 25.7. The molecule has 2 rings (SSSR count). The van der Waals surface area contributed by atoms with Gasteiger partial charge in [-0.25, -0.2) is 0 Å². The number of rotatable bonds is 6. The third kappa shape index (κ3) is 4.04. The molecule has 0 saturated heterocycles. The van der Waals surface area contributed by atoms with Crippen molar-refractivity contribution in [3.63, 3.8) is 0 Å². The van der Waals surface area contributed by atoms with Crippen LogP contribution in [0.1, 0.15) is 5.56 Å². The number of methoxy groups -OCH3 is 1. The fourth-order valence-corrected chi connectivity index (χ4v) is 2.24. The molecule has 10 heteroatoms. The number of ether oxygens (including phenoxy) is 1. The first kappa shape index (κ1) is 17.3. The number of hydrogen-bond donors (Lipinski definition) is 1. The Kier molecular flexibility index (Phi) is 5.42. The van der Waals surface area contributed by atoms with E-state index in [4.69, 9.17) is 4.74 Å². The lowest BCUT2D eigenvalue weighted by Gasteiger charge is -2.05. The standard InChI is InChI=1S/C14H11BrN4O5/c1-24-14-5-2-10(15)6-9(14)8-16-17-12-4-3-11(18(20)21)7-13(12)19(22)23/h2-8,17H,1H3/b16-8-. The lowest BCUT2D eigenvalue weighted by molar-refractivity contribution is -0.393. The highest BCUT2D eigenvalue weighted by molar-refractivity contribution is 9.10. The summed E-state index contributed by atoms with van der Waals surface area (Å²) in [5.74, 6) is 0.571. The van der Waals surface area contributed by atoms with Crippen molar-refractivity contribution in [2.75, 3.05) is 12.5 Å². The smallest absolute Gasteiger partial charge is 0.301 e. The van der Waals surface area contributed by atoms with Crippen LogP contribution in [0.25, 0.3) is 0 Å². The molecule has 0 bridgehead atoms. The van der Waals surface area contributed by atoms with Gasteiger partial charge in [-0.15, -0.1) is 0 Å². The topological polar surface area (TPSA) is 120 Å². The minimum atomic E-state index is -0.718. The van der Waals surface area contributed by atoms with Gasteiger partial charge in [0.2, 0.25) is 0 Å². The van der Waals surface area contributed by atoms with Gasteiger partial charge in [-0.2, -0.15) is 5.10 Å². The molecule has 0 saturated carbocycles. The Morgan fingerprint density at radius 1 is 1.17 bits per heavy atom. The van der Waals surface area contributed by atoms with Crippen LogP contribution in [0.2, 0.25) is 0 Å². The normalized spacial score (nSPS) is 10.6. The summed E-state index contributed by atoms with van der Waals surface area (Å²) in [7, 11) is 1.51. The molecule has 124 valence electrons. The highest BCUT2D eigenvalue weighted by Gasteiger charge is 2.19. The van der Waals surface area contributed by atoms with Crippen LogP contribution in [0.3, 0.4) is 0 Å². The van der Waals surface area contributed by atoms with E-state index in [1.54, 1.807) is 18.2 Å². The summed E-state index contributed by atoms with van der Waals surface area (Å²) in [6.07, 6.45) is 1.43. The van der Waals surface area contributed by atoms with Crippen LogP contribution in [-0.4, -0.2) is 23.2 Å². The van der Waals surface area contributed by atoms with Crippen molar-refractivity contribution in [1.29, 1.82) is 0 Å². The van der Waals surface area contributed by atoms with E-state index in [-0.39, 0.29) is 11.4 Å². The Morgan fingerprint density at radius 3 is 2.54 bits per heavy atom. The van der Waals surface area contributed by atoms with E-state index in [0.717, 1.165) is 16.6 Å². The number of halogens is 1. The second kappa shape index (κ2) is 7.51. The molecular weight excluding hydrogens is 384 g/mol.